The average molecular weight is 295 g/mol. The Labute approximate surface area is 133 Å². The molecular weight excluding hydrogens is 256 g/mol. The van der Waals surface area contributed by atoms with Gasteiger partial charge in [0.15, 0.2) is 0 Å². The maximum absolute atomic E-state index is 3.59. The first-order valence-corrected chi connectivity index (χ1v) is 9.55. The van der Waals surface area contributed by atoms with Gasteiger partial charge in [-0.1, -0.05) is 25.7 Å². The van der Waals surface area contributed by atoms with Crippen LogP contribution in [0.1, 0.15) is 85.0 Å². The molecule has 2 fully saturated rings. The van der Waals surface area contributed by atoms with Crippen LogP contribution < -0.4 is 5.32 Å². The lowest BCUT2D eigenvalue weighted by atomic mass is 9.78. The van der Waals surface area contributed by atoms with Crippen molar-refractivity contribution in [2.24, 2.45) is 5.92 Å². The Morgan fingerprint density at radius 2 is 1.62 bits per heavy atom. The van der Waals surface area contributed by atoms with Crippen LogP contribution in [0.3, 0.4) is 0 Å². The van der Waals surface area contributed by atoms with Crippen molar-refractivity contribution in [3.05, 3.63) is 0 Å². The van der Waals surface area contributed by atoms with Gasteiger partial charge < -0.3 is 10.2 Å². The molecule has 1 saturated carbocycles. The summed E-state index contributed by atoms with van der Waals surface area (Å²) >= 11 is 0. The number of hydrogen-bond donors (Lipinski definition) is 1. The molecule has 2 heteroatoms. The van der Waals surface area contributed by atoms with Crippen molar-refractivity contribution in [1.29, 1.82) is 0 Å². The van der Waals surface area contributed by atoms with Crippen molar-refractivity contribution in [2.45, 2.75) is 96.6 Å². The Bertz CT molecular complexity index is 280. The van der Waals surface area contributed by atoms with Crippen LogP contribution in [0.4, 0.5) is 0 Å². The first kappa shape index (κ1) is 17.3. The summed E-state index contributed by atoms with van der Waals surface area (Å²) in [6.07, 6.45) is 14.5. The highest BCUT2D eigenvalue weighted by Gasteiger charge is 2.32. The quantitative estimate of drug-likeness (QED) is 0.691. The van der Waals surface area contributed by atoms with E-state index in [9.17, 15) is 0 Å². The van der Waals surface area contributed by atoms with Gasteiger partial charge in [0, 0.05) is 11.6 Å². The van der Waals surface area contributed by atoms with Crippen LogP contribution in [-0.2, 0) is 0 Å². The number of unbranched alkanes of at least 4 members (excludes halogenated alkanes) is 3. The van der Waals surface area contributed by atoms with Crippen molar-refractivity contribution >= 4 is 0 Å². The Morgan fingerprint density at radius 1 is 0.905 bits per heavy atom. The number of likely N-dealkylation sites (tertiary alicyclic amines) is 1. The molecule has 0 bridgehead atoms. The lowest BCUT2D eigenvalue weighted by Gasteiger charge is -2.44. The summed E-state index contributed by atoms with van der Waals surface area (Å²) in [6, 6.07) is 0.954. The zero-order valence-electron chi connectivity index (χ0n) is 14.8. The van der Waals surface area contributed by atoms with Crippen LogP contribution in [0.5, 0.6) is 0 Å². The highest BCUT2D eigenvalue weighted by molar-refractivity contribution is 4.87. The minimum absolute atomic E-state index is 0.282. The van der Waals surface area contributed by atoms with E-state index in [1.165, 1.54) is 83.8 Å². The predicted molar refractivity (Wildman–Crippen MR) is 92.8 cm³/mol. The van der Waals surface area contributed by atoms with Crippen LogP contribution in [0, 0.1) is 5.92 Å². The van der Waals surface area contributed by atoms with Gasteiger partial charge in [0.05, 0.1) is 0 Å². The number of fused-ring (bicyclic) bond motifs is 1. The molecule has 1 N–H and O–H groups in total. The van der Waals surface area contributed by atoms with E-state index in [1.54, 1.807) is 0 Å². The van der Waals surface area contributed by atoms with E-state index < -0.39 is 0 Å². The molecule has 124 valence electrons. The molecule has 21 heavy (non-hydrogen) atoms. The fraction of sp³-hybridized carbons (Fsp3) is 1.00. The van der Waals surface area contributed by atoms with Gasteiger partial charge in [0.1, 0.15) is 0 Å². The minimum Gasteiger partial charge on any atom is -0.312 e. The van der Waals surface area contributed by atoms with E-state index in [4.69, 9.17) is 0 Å². The van der Waals surface area contributed by atoms with Gasteiger partial charge in [-0.2, -0.15) is 0 Å². The Hall–Kier alpha value is -0.0800. The molecule has 2 atom stereocenters. The van der Waals surface area contributed by atoms with Crippen molar-refractivity contribution in [3.63, 3.8) is 0 Å². The number of rotatable bonds is 7. The lowest BCUT2D eigenvalue weighted by Crippen LogP contribution is -2.47. The van der Waals surface area contributed by atoms with Gasteiger partial charge in [-0.05, 0) is 84.8 Å². The highest BCUT2D eigenvalue weighted by atomic mass is 15.2. The average Bonchev–Trinajstić information content (AvgIpc) is 2.45. The zero-order valence-corrected chi connectivity index (χ0v) is 14.8. The van der Waals surface area contributed by atoms with E-state index >= 15 is 0 Å². The van der Waals surface area contributed by atoms with E-state index in [0.717, 1.165) is 12.0 Å². The van der Waals surface area contributed by atoms with Crippen LogP contribution in [0.2, 0.25) is 0 Å². The summed E-state index contributed by atoms with van der Waals surface area (Å²) in [6.45, 7) is 10.7. The third kappa shape index (κ3) is 6.28. The maximum atomic E-state index is 3.59. The summed E-state index contributed by atoms with van der Waals surface area (Å²) in [5.41, 5.74) is 0.282. The maximum Gasteiger partial charge on any atom is 0.0123 e. The minimum atomic E-state index is 0.282. The second kappa shape index (κ2) is 8.53. The van der Waals surface area contributed by atoms with Crippen molar-refractivity contribution in [1.82, 2.24) is 10.2 Å². The fourth-order valence-corrected chi connectivity index (χ4v) is 4.26. The van der Waals surface area contributed by atoms with Crippen LogP contribution >= 0.6 is 0 Å². The van der Waals surface area contributed by atoms with E-state index in [1.807, 2.05) is 0 Å². The molecule has 2 rings (SSSR count). The molecule has 1 saturated heterocycles. The first-order chi connectivity index (χ1) is 10.1. The Morgan fingerprint density at radius 3 is 2.43 bits per heavy atom. The molecule has 1 heterocycles. The normalized spacial score (nSPS) is 27.6. The van der Waals surface area contributed by atoms with Crippen LogP contribution in [0.15, 0.2) is 0 Å². The summed E-state index contributed by atoms with van der Waals surface area (Å²) in [4.78, 5) is 2.85. The molecule has 0 aromatic rings. The molecule has 2 nitrogen and oxygen atoms in total. The van der Waals surface area contributed by atoms with E-state index in [2.05, 4.69) is 31.0 Å². The number of nitrogens with zero attached hydrogens (tertiary/aromatic N) is 1. The van der Waals surface area contributed by atoms with Crippen molar-refractivity contribution in [3.8, 4) is 0 Å². The molecule has 0 aromatic carbocycles. The van der Waals surface area contributed by atoms with E-state index in [0.29, 0.717) is 0 Å². The van der Waals surface area contributed by atoms with Gasteiger partial charge in [-0.25, -0.2) is 0 Å². The molecule has 0 amide bonds. The monoisotopic (exact) mass is 294 g/mol. The molecular formula is C19H38N2. The standard InChI is InChI=1S/C19H38N2/c1-19(2,3)20-14-8-4-5-9-15-21-16-10-12-17-11-6-7-13-18(17)21/h17-18,20H,4-16H2,1-3H3. The third-order valence-corrected chi connectivity index (χ3v) is 5.39. The summed E-state index contributed by atoms with van der Waals surface area (Å²) in [5, 5.41) is 3.59. The predicted octanol–water partition coefficient (Wildman–Crippen LogP) is 4.59. The smallest absolute Gasteiger partial charge is 0.0123 e. The molecule has 0 spiro atoms. The summed E-state index contributed by atoms with van der Waals surface area (Å²) in [7, 11) is 0. The number of piperidine rings is 1. The van der Waals surface area contributed by atoms with Gasteiger partial charge >= 0.3 is 0 Å². The molecule has 0 aromatic heterocycles. The number of nitrogens with one attached hydrogen (secondary N) is 1. The van der Waals surface area contributed by atoms with Crippen LogP contribution in [-0.4, -0.2) is 36.1 Å². The molecule has 2 aliphatic rings. The second-order valence-electron chi connectivity index (χ2n) is 8.38. The Balaban J connectivity index is 1.54. The van der Waals surface area contributed by atoms with Gasteiger partial charge in [0.2, 0.25) is 0 Å². The topological polar surface area (TPSA) is 15.3 Å². The highest BCUT2D eigenvalue weighted by Crippen LogP contribution is 2.35. The SMILES string of the molecule is CC(C)(C)NCCCCCCN1CCCC2CCCCC21. The summed E-state index contributed by atoms with van der Waals surface area (Å²) < 4.78 is 0. The van der Waals surface area contributed by atoms with Crippen molar-refractivity contribution in [2.75, 3.05) is 19.6 Å². The van der Waals surface area contributed by atoms with Crippen LogP contribution in [0.25, 0.3) is 0 Å². The lowest BCUT2D eigenvalue weighted by molar-refractivity contribution is 0.0595. The zero-order chi connectivity index (χ0) is 15.1. The second-order valence-corrected chi connectivity index (χ2v) is 8.38. The van der Waals surface area contributed by atoms with Gasteiger partial charge in [-0.15, -0.1) is 0 Å². The molecule has 1 aliphatic carbocycles. The van der Waals surface area contributed by atoms with Gasteiger partial charge in [0.25, 0.3) is 0 Å². The molecule has 2 unspecified atom stereocenters. The Kier molecular flexibility index (Phi) is 7.01. The molecule has 0 radical (unpaired) electrons. The molecule has 1 aliphatic heterocycles. The number of hydrogen-bond acceptors (Lipinski definition) is 2. The third-order valence-electron chi connectivity index (χ3n) is 5.39. The van der Waals surface area contributed by atoms with Crippen molar-refractivity contribution < 1.29 is 0 Å². The first-order valence-electron chi connectivity index (χ1n) is 9.55. The van der Waals surface area contributed by atoms with E-state index in [-0.39, 0.29) is 5.54 Å². The largest absolute Gasteiger partial charge is 0.312 e. The fourth-order valence-electron chi connectivity index (χ4n) is 4.26. The summed E-state index contributed by atoms with van der Waals surface area (Å²) in [5.74, 6) is 1.04. The van der Waals surface area contributed by atoms with Gasteiger partial charge in [-0.3, -0.25) is 0 Å².